The van der Waals surface area contributed by atoms with Crippen LogP contribution < -0.4 is 5.32 Å². The van der Waals surface area contributed by atoms with E-state index >= 15 is 0 Å². The van der Waals surface area contributed by atoms with Crippen LogP contribution in [0.3, 0.4) is 0 Å². The average molecular weight is 259 g/mol. The van der Waals surface area contributed by atoms with E-state index in [-0.39, 0.29) is 0 Å². The highest BCUT2D eigenvalue weighted by Crippen LogP contribution is 2.26. The molecule has 3 nitrogen and oxygen atoms in total. The molecule has 17 heavy (non-hydrogen) atoms. The van der Waals surface area contributed by atoms with Crippen molar-refractivity contribution in [3.05, 3.63) is 0 Å². The third kappa shape index (κ3) is 4.34. The van der Waals surface area contributed by atoms with Gasteiger partial charge in [-0.05, 0) is 25.7 Å². The molecule has 0 aromatic rings. The van der Waals surface area contributed by atoms with E-state index in [1.54, 1.807) is 0 Å². The molecular formula is C13H25NO2S. The second-order valence-corrected chi connectivity index (χ2v) is 7.34. The van der Waals surface area contributed by atoms with Crippen molar-refractivity contribution in [2.45, 2.75) is 63.0 Å². The first kappa shape index (κ1) is 13.5. The summed E-state index contributed by atoms with van der Waals surface area (Å²) in [5, 5.41) is 14.0. The van der Waals surface area contributed by atoms with Crippen molar-refractivity contribution in [2.75, 3.05) is 18.1 Å². The molecule has 2 aliphatic rings. The minimum Gasteiger partial charge on any atom is -0.389 e. The average Bonchev–Trinajstić information content (AvgIpc) is 2.54. The molecule has 1 aliphatic carbocycles. The summed E-state index contributed by atoms with van der Waals surface area (Å²) in [5.74, 6) is 1.66. The normalized spacial score (nSPS) is 34.2. The SMILES string of the molecule is O=S1CCC(NCC2(O)CCCCCC2)CC1. The van der Waals surface area contributed by atoms with Crippen LogP contribution in [0.25, 0.3) is 0 Å². The Hall–Kier alpha value is 0.0700. The number of nitrogens with one attached hydrogen (secondary N) is 1. The predicted molar refractivity (Wildman–Crippen MR) is 71.6 cm³/mol. The molecule has 1 heterocycles. The Morgan fingerprint density at radius 2 is 1.71 bits per heavy atom. The fourth-order valence-corrected chi connectivity index (χ4v) is 4.19. The fourth-order valence-electron chi connectivity index (χ4n) is 2.90. The number of aliphatic hydroxyl groups is 1. The summed E-state index contributed by atoms with van der Waals surface area (Å²) < 4.78 is 11.3. The quantitative estimate of drug-likeness (QED) is 0.757. The monoisotopic (exact) mass is 259 g/mol. The molecule has 4 heteroatoms. The van der Waals surface area contributed by atoms with Crippen LogP contribution in [-0.2, 0) is 10.8 Å². The van der Waals surface area contributed by atoms with Crippen LogP contribution in [0.2, 0.25) is 0 Å². The van der Waals surface area contributed by atoms with Gasteiger partial charge in [-0.2, -0.15) is 0 Å². The molecule has 0 unspecified atom stereocenters. The van der Waals surface area contributed by atoms with Crippen molar-refractivity contribution >= 4 is 10.8 Å². The zero-order chi connectivity index (χ0) is 12.1. The molecule has 1 aliphatic heterocycles. The van der Waals surface area contributed by atoms with Crippen LogP contribution in [-0.4, -0.2) is 39.0 Å². The Labute approximate surface area is 107 Å². The van der Waals surface area contributed by atoms with Crippen LogP contribution in [0.1, 0.15) is 51.4 Å². The highest BCUT2D eigenvalue weighted by Gasteiger charge is 2.29. The van der Waals surface area contributed by atoms with Crippen LogP contribution in [0.4, 0.5) is 0 Å². The lowest BCUT2D eigenvalue weighted by molar-refractivity contribution is 0.0224. The van der Waals surface area contributed by atoms with Crippen molar-refractivity contribution in [2.24, 2.45) is 0 Å². The van der Waals surface area contributed by atoms with E-state index in [0.717, 1.165) is 56.6 Å². The Morgan fingerprint density at radius 1 is 1.12 bits per heavy atom. The smallest absolute Gasteiger partial charge is 0.0771 e. The molecule has 2 fully saturated rings. The molecule has 0 radical (unpaired) electrons. The number of hydrogen-bond donors (Lipinski definition) is 2. The second-order valence-electron chi connectivity index (χ2n) is 5.64. The van der Waals surface area contributed by atoms with Gasteiger partial charge in [-0.25, -0.2) is 0 Å². The lowest BCUT2D eigenvalue weighted by Gasteiger charge is -2.31. The minimum atomic E-state index is -0.585. The van der Waals surface area contributed by atoms with Gasteiger partial charge in [0.1, 0.15) is 0 Å². The van der Waals surface area contributed by atoms with Crippen molar-refractivity contribution in [3.63, 3.8) is 0 Å². The number of hydrogen-bond acceptors (Lipinski definition) is 3. The van der Waals surface area contributed by atoms with Crippen LogP contribution >= 0.6 is 0 Å². The molecular weight excluding hydrogens is 234 g/mol. The van der Waals surface area contributed by atoms with E-state index in [9.17, 15) is 9.32 Å². The Bertz CT molecular complexity index is 252. The van der Waals surface area contributed by atoms with E-state index < -0.39 is 16.4 Å². The molecule has 0 aromatic heterocycles. The molecule has 2 N–H and O–H groups in total. The predicted octanol–water partition coefficient (Wildman–Crippen LogP) is 1.57. The van der Waals surface area contributed by atoms with Crippen LogP contribution in [0.15, 0.2) is 0 Å². The van der Waals surface area contributed by atoms with E-state index in [4.69, 9.17) is 0 Å². The maximum absolute atomic E-state index is 11.3. The Balaban J connectivity index is 1.74. The summed E-state index contributed by atoms with van der Waals surface area (Å²) in [4.78, 5) is 0. The van der Waals surface area contributed by atoms with Gasteiger partial charge in [-0.15, -0.1) is 0 Å². The zero-order valence-corrected chi connectivity index (χ0v) is 11.4. The molecule has 0 atom stereocenters. The molecule has 100 valence electrons. The van der Waals surface area contributed by atoms with Crippen molar-refractivity contribution in [3.8, 4) is 0 Å². The van der Waals surface area contributed by atoms with Gasteiger partial charge in [-0.3, -0.25) is 4.21 Å². The lowest BCUT2D eigenvalue weighted by Crippen LogP contribution is -2.46. The largest absolute Gasteiger partial charge is 0.389 e. The first-order valence-corrected chi connectivity index (χ1v) is 8.48. The van der Waals surface area contributed by atoms with Crippen molar-refractivity contribution in [1.29, 1.82) is 0 Å². The van der Waals surface area contributed by atoms with Crippen molar-refractivity contribution < 1.29 is 9.32 Å². The summed E-state index contributed by atoms with van der Waals surface area (Å²) in [5.41, 5.74) is -0.479. The van der Waals surface area contributed by atoms with Gasteiger partial charge in [0.15, 0.2) is 0 Å². The zero-order valence-electron chi connectivity index (χ0n) is 10.6. The standard InChI is InChI=1S/C13H25NO2S/c15-13(7-3-1-2-4-8-13)11-14-12-5-9-17(16)10-6-12/h12,14-15H,1-11H2. The molecule has 0 amide bonds. The highest BCUT2D eigenvalue weighted by molar-refractivity contribution is 7.85. The Kier molecular flexibility index (Phi) is 5.00. The molecule has 0 spiro atoms. The van der Waals surface area contributed by atoms with Gasteiger partial charge in [0.05, 0.1) is 5.60 Å². The summed E-state index contributed by atoms with van der Waals surface area (Å²) in [6.07, 6.45) is 8.75. The lowest BCUT2D eigenvalue weighted by atomic mass is 9.94. The second kappa shape index (κ2) is 6.30. The Morgan fingerprint density at radius 3 is 2.29 bits per heavy atom. The third-order valence-corrected chi connectivity index (χ3v) is 5.52. The molecule has 2 rings (SSSR count). The van der Waals surface area contributed by atoms with Gasteiger partial charge >= 0.3 is 0 Å². The van der Waals surface area contributed by atoms with Gasteiger partial charge in [0.25, 0.3) is 0 Å². The molecule has 1 saturated carbocycles. The van der Waals surface area contributed by atoms with Gasteiger partial charge in [-0.1, -0.05) is 25.7 Å². The summed E-state index contributed by atoms with van der Waals surface area (Å²) in [6.45, 7) is 0.726. The molecule has 0 aromatic carbocycles. The molecule has 1 saturated heterocycles. The van der Waals surface area contributed by atoms with Gasteiger partial charge in [0, 0.05) is 34.9 Å². The van der Waals surface area contributed by atoms with Crippen LogP contribution in [0, 0.1) is 0 Å². The molecule has 0 bridgehead atoms. The third-order valence-electron chi connectivity index (χ3n) is 4.14. The maximum Gasteiger partial charge on any atom is 0.0771 e. The van der Waals surface area contributed by atoms with E-state index in [1.807, 2.05) is 0 Å². The van der Waals surface area contributed by atoms with E-state index in [0.29, 0.717) is 6.04 Å². The van der Waals surface area contributed by atoms with Crippen LogP contribution in [0.5, 0.6) is 0 Å². The summed E-state index contributed by atoms with van der Waals surface area (Å²) >= 11 is 0. The number of rotatable bonds is 3. The first-order valence-electron chi connectivity index (χ1n) is 6.99. The van der Waals surface area contributed by atoms with E-state index in [2.05, 4.69) is 5.32 Å². The minimum absolute atomic E-state index is 0.472. The maximum atomic E-state index is 11.3. The summed E-state index contributed by atoms with van der Waals surface area (Å²) in [6, 6.07) is 0.472. The van der Waals surface area contributed by atoms with Gasteiger partial charge in [0.2, 0.25) is 0 Å². The topological polar surface area (TPSA) is 49.3 Å². The fraction of sp³-hybridized carbons (Fsp3) is 1.00. The summed E-state index contributed by atoms with van der Waals surface area (Å²) in [7, 11) is -0.585. The highest BCUT2D eigenvalue weighted by atomic mass is 32.2. The first-order chi connectivity index (χ1) is 8.18. The van der Waals surface area contributed by atoms with Gasteiger partial charge < -0.3 is 10.4 Å². The van der Waals surface area contributed by atoms with E-state index in [1.165, 1.54) is 12.8 Å². The van der Waals surface area contributed by atoms with Crippen molar-refractivity contribution in [1.82, 2.24) is 5.32 Å².